The summed E-state index contributed by atoms with van der Waals surface area (Å²) in [6.07, 6.45) is 1.67. The van der Waals surface area contributed by atoms with Crippen molar-refractivity contribution in [2.75, 3.05) is 19.7 Å². The molecule has 1 fully saturated rings. The second-order valence-corrected chi connectivity index (χ2v) is 6.59. The SMILES string of the molecule is CC1(C(N)=S)CCN(C(=O)C2COc3ccccc32)CC1. The number of hydrogen-bond acceptors (Lipinski definition) is 3. The highest BCUT2D eigenvalue weighted by molar-refractivity contribution is 7.80. The van der Waals surface area contributed by atoms with Crippen LogP contribution in [0.5, 0.6) is 5.75 Å². The number of para-hydroxylation sites is 1. The summed E-state index contributed by atoms with van der Waals surface area (Å²) in [7, 11) is 0. The number of nitrogens with zero attached hydrogens (tertiary/aromatic N) is 1. The molecule has 1 atom stereocenters. The molecule has 0 aliphatic carbocycles. The summed E-state index contributed by atoms with van der Waals surface area (Å²) in [5.41, 5.74) is 6.71. The van der Waals surface area contributed by atoms with Crippen LogP contribution in [0.4, 0.5) is 0 Å². The van der Waals surface area contributed by atoms with Gasteiger partial charge >= 0.3 is 0 Å². The van der Waals surface area contributed by atoms with Crippen molar-refractivity contribution in [3.8, 4) is 5.75 Å². The Morgan fingerprint density at radius 1 is 1.38 bits per heavy atom. The fourth-order valence-electron chi connectivity index (χ4n) is 3.05. The number of rotatable bonds is 2. The van der Waals surface area contributed by atoms with E-state index < -0.39 is 0 Å². The van der Waals surface area contributed by atoms with Crippen molar-refractivity contribution in [2.24, 2.45) is 11.1 Å². The van der Waals surface area contributed by atoms with Gasteiger partial charge in [0, 0.05) is 24.1 Å². The van der Waals surface area contributed by atoms with E-state index in [0.717, 1.165) is 24.2 Å². The number of carbonyl (C=O) groups is 1. The normalized spacial score (nSPS) is 23.3. The van der Waals surface area contributed by atoms with E-state index in [1.165, 1.54) is 0 Å². The Bertz CT molecular complexity index is 579. The molecule has 2 heterocycles. The van der Waals surface area contributed by atoms with Crippen molar-refractivity contribution < 1.29 is 9.53 Å². The Morgan fingerprint density at radius 3 is 2.71 bits per heavy atom. The minimum Gasteiger partial charge on any atom is -0.492 e. The van der Waals surface area contributed by atoms with Gasteiger partial charge in [0.2, 0.25) is 5.91 Å². The molecule has 2 aliphatic rings. The summed E-state index contributed by atoms with van der Waals surface area (Å²) >= 11 is 5.15. The zero-order valence-electron chi connectivity index (χ0n) is 12.2. The van der Waals surface area contributed by atoms with Crippen LogP contribution in [-0.4, -0.2) is 35.5 Å². The number of carbonyl (C=O) groups excluding carboxylic acids is 1. The first kappa shape index (κ1) is 14.3. The third-order valence-corrected chi connectivity index (χ3v) is 5.26. The number of fused-ring (bicyclic) bond motifs is 1. The number of thiocarbonyl (C=S) groups is 1. The molecule has 1 aromatic rings. The van der Waals surface area contributed by atoms with Gasteiger partial charge in [-0.2, -0.15) is 0 Å². The predicted octanol–water partition coefficient (Wildman–Crippen LogP) is 2.08. The molecule has 0 bridgehead atoms. The average molecular weight is 304 g/mol. The van der Waals surface area contributed by atoms with Gasteiger partial charge in [-0.15, -0.1) is 0 Å². The van der Waals surface area contributed by atoms with Crippen LogP contribution in [0, 0.1) is 5.41 Å². The van der Waals surface area contributed by atoms with Crippen LogP contribution in [0.3, 0.4) is 0 Å². The van der Waals surface area contributed by atoms with E-state index >= 15 is 0 Å². The van der Waals surface area contributed by atoms with E-state index in [1.807, 2.05) is 29.2 Å². The van der Waals surface area contributed by atoms with Gasteiger partial charge in [-0.25, -0.2) is 0 Å². The third-order valence-electron chi connectivity index (χ3n) is 4.77. The zero-order valence-corrected chi connectivity index (χ0v) is 13.0. The molecule has 0 saturated carbocycles. The zero-order chi connectivity index (χ0) is 15.0. The maximum absolute atomic E-state index is 12.7. The molecular weight excluding hydrogens is 284 g/mol. The lowest BCUT2D eigenvalue weighted by molar-refractivity contribution is -0.134. The Hall–Kier alpha value is -1.62. The molecule has 1 amide bonds. The second-order valence-electron chi connectivity index (χ2n) is 6.15. The maximum Gasteiger partial charge on any atom is 0.233 e. The van der Waals surface area contributed by atoms with Crippen LogP contribution >= 0.6 is 12.2 Å². The first-order valence-corrected chi connectivity index (χ1v) is 7.72. The number of likely N-dealkylation sites (tertiary alicyclic amines) is 1. The molecule has 3 rings (SSSR count). The van der Waals surface area contributed by atoms with Crippen molar-refractivity contribution in [1.29, 1.82) is 0 Å². The minimum absolute atomic E-state index is 0.115. The van der Waals surface area contributed by atoms with Crippen LogP contribution in [0.2, 0.25) is 0 Å². The van der Waals surface area contributed by atoms with E-state index in [9.17, 15) is 4.79 Å². The summed E-state index contributed by atoms with van der Waals surface area (Å²) < 4.78 is 5.61. The van der Waals surface area contributed by atoms with Crippen LogP contribution in [0.25, 0.3) is 0 Å². The smallest absolute Gasteiger partial charge is 0.233 e. The molecule has 21 heavy (non-hydrogen) atoms. The summed E-state index contributed by atoms with van der Waals surface area (Å²) in [5.74, 6) is 0.821. The van der Waals surface area contributed by atoms with E-state index in [4.69, 9.17) is 22.7 Å². The Balaban J connectivity index is 1.70. The molecule has 1 saturated heterocycles. The summed E-state index contributed by atoms with van der Waals surface area (Å²) in [5, 5.41) is 0. The summed E-state index contributed by atoms with van der Waals surface area (Å²) in [6, 6.07) is 7.78. The highest BCUT2D eigenvalue weighted by atomic mass is 32.1. The lowest BCUT2D eigenvalue weighted by Crippen LogP contribution is -2.48. The van der Waals surface area contributed by atoms with E-state index in [2.05, 4.69) is 6.92 Å². The molecule has 0 spiro atoms. The number of nitrogens with two attached hydrogens (primary N) is 1. The van der Waals surface area contributed by atoms with Crippen molar-refractivity contribution in [3.05, 3.63) is 29.8 Å². The fraction of sp³-hybridized carbons (Fsp3) is 0.500. The van der Waals surface area contributed by atoms with Crippen LogP contribution < -0.4 is 10.5 Å². The van der Waals surface area contributed by atoms with Gasteiger partial charge in [-0.3, -0.25) is 4.79 Å². The van der Waals surface area contributed by atoms with Crippen LogP contribution in [-0.2, 0) is 4.79 Å². The van der Waals surface area contributed by atoms with Crippen molar-refractivity contribution in [3.63, 3.8) is 0 Å². The molecule has 4 nitrogen and oxygen atoms in total. The lowest BCUT2D eigenvalue weighted by atomic mass is 9.80. The summed E-state index contributed by atoms with van der Waals surface area (Å²) in [4.78, 5) is 15.2. The standard InChI is InChI=1S/C16H20N2O2S/c1-16(15(17)21)6-8-18(9-7-16)14(19)12-10-20-13-5-3-2-4-11(12)13/h2-5,12H,6-10H2,1H3,(H2,17,21). The first-order chi connectivity index (χ1) is 10.0. The van der Waals surface area contributed by atoms with E-state index in [1.54, 1.807) is 0 Å². The number of ether oxygens (including phenoxy) is 1. The number of hydrogen-bond donors (Lipinski definition) is 1. The van der Waals surface area contributed by atoms with Gasteiger partial charge < -0.3 is 15.4 Å². The monoisotopic (exact) mass is 304 g/mol. The van der Waals surface area contributed by atoms with E-state index in [-0.39, 0.29) is 17.2 Å². The Labute approximate surface area is 130 Å². The molecule has 5 heteroatoms. The largest absolute Gasteiger partial charge is 0.492 e. The van der Waals surface area contributed by atoms with Crippen LogP contribution in [0.15, 0.2) is 24.3 Å². The molecular formula is C16H20N2O2S. The molecule has 112 valence electrons. The predicted molar refractivity (Wildman–Crippen MR) is 85.4 cm³/mol. The molecule has 0 aromatic heterocycles. The Morgan fingerprint density at radius 2 is 2.05 bits per heavy atom. The minimum atomic E-state index is -0.171. The molecule has 2 aliphatic heterocycles. The maximum atomic E-state index is 12.7. The lowest BCUT2D eigenvalue weighted by Gasteiger charge is -2.39. The van der Waals surface area contributed by atoms with Crippen molar-refractivity contribution >= 4 is 23.1 Å². The highest BCUT2D eigenvalue weighted by Crippen LogP contribution is 2.37. The number of benzene rings is 1. The second kappa shape index (κ2) is 5.30. The van der Waals surface area contributed by atoms with Gasteiger partial charge in [-0.1, -0.05) is 37.3 Å². The topological polar surface area (TPSA) is 55.6 Å². The highest BCUT2D eigenvalue weighted by Gasteiger charge is 2.38. The van der Waals surface area contributed by atoms with Gasteiger partial charge in [0.25, 0.3) is 0 Å². The van der Waals surface area contributed by atoms with E-state index in [0.29, 0.717) is 24.7 Å². The van der Waals surface area contributed by atoms with Crippen molar-refractivity contribution in [2.45, 2.75) is 25.7 Å². The number of amides is 1. The molecule has 1 aromatic carbocycles. The third kappa shape index (κ3) is 2.50. The quantitative estimate of drug-likeness (QED) is 0.850. The van der Waals surface area contributed by atoms with Gasteiger partial charge in [0.1, 0.15) is 18.3 Å². The first-order valence-electron chi connectivity index (χ1n) is 7.32. The summed E-state index contributed by atoms with van der Waals surface area (Å²) in [6.45, 7) is 3.96. The van der Waals surface area contributed by atoms with Crippen molar-refractivity contribution in [1.82, 2.24) is 4.90 Å². The van der Waals surface area contributed by atoms with Gasteiger partial charge in [-0.05, 0) is 18.9 Å². The molecule has 1 unspecified atom stereocenters. The molecule has 0 radical (unpaired) electrons. The van der Waals surface area contributed by atoms with Gasteiger partial charge in [0.15, 0.2) is 0 Å². The van der Waals surface area contributed by atoms with Gasteiger partial charge in [0.05, 0.1) is 4.99 Å². The number of piperidine rings is 1. The average Bonchev–Trinajstić information content (AvgIpc) is 2.91. The fourth-order valence-corrected chi connectivity index (χ4v) is 3.26. The van der Waals surface area contributed by atoms with Crippen LogP contribution in [0.1, 0.15) is 31.2 Å². The molecule has 2 N–H and O–H groups in total. The Kier molecular flexibility index (Phi) is 3.61.